The highest BCUT2D eigenvalue weighted by molar-refractivity contribution is 5.70. The summed E-state index contributed by atoms with van der Waals surface area (Å²) in [7, 11) is 0. The number of nitrogens with zero attached hydrogens (tertiary/aromatic N) is 1. The number of hydrogen-bond donors (Lipinski definition) is 3. The molecule has 0 fully saturated rings. The molecule has 0 saturated heterocycles. The topological polar surface area (TPSA) is 70.6 Å². The normalized spacial score (nSPS) is 16.2. The summed E-state index contributed by atoms with van der Waals surface area (Å²) in [4.78, 5) is 4.16. The summed E-state index contributed by atoms with van der Waals surface area (Å²) in [5, 5.41) is 12.9. The quantitative estimate of drug-likeness (QED) is 0.404. The van der Waals surface area contributed by atoms with Crippen LogP contribution in [-0.2, 0) is 0 Å². The van der Waals surface area contributed by atoms with Gasteiger partial charge >= 0.3 is 0 Å². The molecule has 122 valence electrons. The van der Waals surface area contributed by atoms with Crippen molar-refractivity contribution in [3.8, 4) is 0 Å². The number of allylic oxidation sites excluding steroid dienone is 2. The molecular weight excluding hydrogens is 262 g/mol. The maximum absolute atomic E-state index is 9.34. The predicted octanol–water partition coefficient (Wildman–Crippen LogP) is 2.29. The van der Waals surface area contributed by atoms with E-state index in [2.05, 4.69) is 37.2 Å². The maximum atomic E-state index is 9.34. The van der Waals surface area contributed by atoms with Crippen LogP contribution in [-0.4, -0.2) is 43.1 Å². The summed E-state index contributed by atoms with van der Waals surface area (Å²) in [6.45, 7) is 9.91. The molecule has 0 aromatic carbocycles. The van der Waals surface area contributed by atoms with Gasteiger partial charge in [0.1, 0.15) is 0 Å². The fourth-order valence-electron chi connectivity index (χ4n) is 2.25. The predicted molar refractivity (Wildman–Crippen MR) is 92.9 cm³/mol. The average Bonchev–Trinajstić information content (AvgIpc) is 2.43. The van der Waals surface area contributed by atoms with Gasteiger partial charge in [-0.2, -0.15) is 0 Å². The minimum absolute atomic E-state index is 0.112. The number of rotatable bonds is 11. The number of hydrogen-bond acceptors (Lipinski definition) is 4. The molecule has 0 rings (SSSR count). The Morgan fingerprint density at radius 2 is 2.05 bits per heavy atom. The zero-order chi connectivity index (χ0) is 16.1. The van der Waals surface area contributed by atoms with Crippen LogP contribution >= 0.6 is 0 Å². The lowest BCUT2D eigenvalue weighted by molar-refractivity contribution is 0.309. The van der Waals surface area contributed by atoms with Gasteiger partial charge in [0.25, 0.3) is 0 Å². The van der Waals surface area contributed by atoms with E-state index in [4.69, 9.17) is 5.73 Å². The first-order valence-corrected chi connectivity index (χ1v) is 7.92. The molecule has 0 spiro atoms. The molecule has 21 heavy (non-hydrogen) atoms. The van der Waals surface area contributed by atoms with Crippen molar-refractivity contribution in [1.82, 2.24) is 5.32 Å². The zero-order valence-corrected chi connectivity index (χ0v) is 14.0. The van der Waals surface area contributed by atoms with Crippen molar-refractivity contribution < 1.29 is 5.11 Å². The molecule has 0 saturated carbocycles. The van der Waals surface area contributed by atoms with Crippen molar-refractivity contribution in [1.29, 1.82) is 0 Å². The number of nitrogens with one attached hydrogen (secondary N) is 1. The van der Waals surface area contributed by atoms with Gasteiger partial charge in [-0.25, -0.2) is 0 Å². The first-order valence-electron chi connectivity index (χ1n) is 7.92. The minimum Gasteiger partial charge on any atom is -0.392 e. The third-order valence-corrected chi connectivity index (χ3v) is 3.36. The molecule has 0 bridgehead atoms. The molecule has 0 aliphatic carbocycles. The van der Waals surface area contributed by atoms with Gasteiger partial charge in [-0.1, -0.05) is 26.0 Å². The molecule has 0 aliphatic rings. The second kappa shape index (κ2) is 12.7. The van der Waals surface area contributed by atoms with Gasteiger partial charge in [0.15, 0.2) is 0 Å². The Morgan fingerprint density at radius 3 is 2.57 bits per heavy atom. The maximum Gasteiger partial charge on any atom is 0.0656 e. The van der Waals surface area contributed by atoms with Gasteiger partial charge in [-0.15, -0.1) is 0 Å². The number of aliphatic hydroxyl groups is 1. The van der Waals surface area contributed by atoms with Gasteiger partial charge in [0, 0.05) is 24.8 Å². The summed E-state index contributed by atoms with van der Waals surface area (Å²) in [5.74, 6) is 0.636. The van der Waals surface area contributed by atoms with Gasteiger partial charge in [-0.05, 0) is 44.3 Å². The van der Waals surface area contributed by atoms with Crippen LogP contribution in [0.15, 0.2) is 28.8 Å². The van der Waals surface area contributed by atoms with Crippen LogP contribution in [0.5, 0.6) is 0 Å². The number of nitrogens with two attached hydrogens (primary N) is 1. The lowest BCUT2D eigenvalue weighted by atomic mass is 9.98. The van der Waals surface area contributed by atoms with Gasteiger partial charge in [-0.3, -0.25) is 4.99 Å². The van der Waals surface area contributed by atoms with E-state index >= 15 is 0 Å². The first kappa shape index (κ1) is 20.0. The van der Waals surface area contributed by atoms with E-state index in [1.807, 2.05) is 25.3 Å². The monoisotopic (exact) mass is 295 g/mol. The highest BCUT2D eigenvalue weighted by Crippen LogP contribution is 2.12. The Hall–Kier alpha value is -0.970. The fourth-order valence-corrected chi connectivity index (χ4v) is 2.25. The number of aliphatic hydroxyl groups excluding tert-OH is 1. The first-order chi connectivity index (χ1) is 10.0. The van der Waals surface area contributed by atoms with Crippen LogP contribution in [0.2, 0.25) is 0 Å². The van der Waals surface area contributed by atoms with Crippen LogP contribution in [0.25, 0.3) is 0 Å². The van der Waals surface area contributed by atoms with E-state index in [0.29, 0.717) is 25.0 Å². The molecule has 0 aliphatic heterocycles. The van der Waals surface area contributed by atoms with Crippen molar-refractivity contribution in [3.63, 3.8) is 0 Å². The SMILES string of the molecule is C/C=C(/CO)C(C)NC(C/C=C\C=N/CCN)CC(C)C. The molecule has 4 N–H and O–H groups in total. The van der Waals surface area contributed by atoms with Gasteiger partial charge in [0.2, 0.25) is 0 Å². The lowest BCUT2D eigenvalue weighted by Crippen LogP contribution is -2.39. The van der Waals surface area contributed by atoms with Crippen LogP contribution in [0.4, 0.5) is 0 Å². The van der Waals surface area contributed by atoms with Gasteiger partial charge in [0.05, 0.1) is 13.2 Å². The van der Waals surface area contributed by atoms with E-state index in [1.165, 1.54) is 0 Å². The molecule has 0 amide bonds. The summed E-state index contributed by atoms with van der Waals surface area (Å²) < 4.78 is 0. The third-order valence-electron chi connectivity index (χ3n) is 3.36. The largest absolute Gasteiger partial charge is 0.392 e. The highest BCUT2D eigenvalue weighted by atomic mass is 16.3. The van der Waals surface area contributed by atoms with Crippen LogP contribution in [0.3, 0.4) is 0 Å². The summed E-state index contributed by atoms with van der Waals surface area (Å²) in [6, 6.07) is 0.601. The second-order valence-electron chi connectivity index (χ2n) is 5.74. The van der Waals surface area contributed by atoms with Crippen molar-refractivity contribution in [2.75, 3.05) is 19.7 Å². The smallest absolute Gasteiger partial charge is 0.0656 e. The van der Waals surface area contributed by atoms with Crippen molar-refractivity contribution >= 4 is 6.21 Å². The zero-order valence-electron chi connectivity index (χ0n) is 14.0. The molecule has 0 aromatic rings. The molecule has 2 atom stereocenters. The molecule has 0 heterocycles. The Labute approximate surface area is 130 Å². The van der Waals surface area contributed by atoms with E-state index in [1.54, 1.807) is 0 Å². The van der Waals surface area contributed by atoms with Crippen LogP contribution < -0.4 is 11.1 Å². The Morgan fingerprint density at radius 1 is 1.33 bits per heavy atom. The van der Waals surface area contributed by atoms with E-state index in [9.17, 15) is 5.11 Å². The lowest BCUT2D eigenvalue weighted by Gasteiger charge is -2.25. The summed E-state index contributed by atoms with van der Waals surface area (Å²) in [5.41, 5.74) is 6.42. The van der Waals surface area contributed by atoms with Gasteiger partial charge < -0.3 is 16.2 Å². The van der Waals surface area contributed by atoms with E-state index in [0.717, 1.165) is 18.4 Å². The molecular formula is C17H33N3O. The van der Waals surface area contributed by atoms with Crippen LogP contribution in [0, 0.1) is 5.92 Å². The molecule has 0 radical (unpaired) electrons. The summed E-state index contributed by atoms with van der Waals surface area (Å²) in [6.07, 6.45) is 9.99. The Bertz CT molecular complexity index is 335. The Balaban J connectivity index is 4.45. The standard InChI is InChI=1S/C17H33N3O/c1-5-16(13-21)15(4)20-17(12-14(2)3)8-6-7-10-19-11-9-18/h5-7,10,14-15,17,20-21H,8-9,11-13,18H2,1-4H3/b7-6-,16-5-,19-10-. The van der Waals surface area contributed by atoms with Crippen molar-refractivity contribution in [2.45, 2.75) is 52.6 Å². The van der Waals surface area contributed by atoms with Crippen LogP contribution in [0.1, 0.15) is 40.5 Å². The molecule has 2 unspecified atom stereocenters. The summed E-state index contributed by atoms with van der Waals surface area (Å²) >= 11 is 0. The van der Waals surface area contributed by atoms with Crippen molar-refractivity contribution in [3.05, 3.63) is 23.8 Å². The average molecular weight is 295 g/mol. The molecule has 0 aromatic heterocycles. The molecule has 4 heteroatoms. The third kappa shape index (κ3) is 10.4. The van der Waals surface area contributed by atoms with Crippen molar-refractivity contribution in [2.24, 2.45) is 16.6 Å². The molecule has 4 nitrogen and oxygen atoms in total. The van der Waals surface area contributed by atoms with E-state index < -0.39 is 0 Å². The van der Waals surface area contributed by atoms with E-state index in [-0.39, 0.29) is 12.6 Å². The minimum atomic E-state index is 0.112. The second-order valence-corrected chi connectivity index (χ2v) is 5.74. The fraction of sp³-hybridized carbons (Fsp3) is 0.706. The number of aliphatic imine (C=N–C) groups is 1. The highest BCUT2D eigenvalue weighted by Gasteiger charge is 2.14. The Kier molecular flexibility index (Phi) is 12.2.